The molecule has 0 atom stereocenters. The molecule has 0 radical (unpaired) electrons. The first-order valence-electron chi connectivity index (χ1n) is 10.1. The summed E-state index contributed by atoms with van der Waals surface area (Å²) in [5.74, 6) is 0.334. The molecule has 1 aliphatic rings. The number of halogens is 4. The number of phenols is 1. The number of hydrogen-bond donors (Lipinski definition) is 2. The number of pyridine rings is 1. The first-order chi connectivity index (χ1) is 15.7. The fourth-order valence-electron chi connectivity index (χ4n) is 3.60. The molecule has 1 fully saturated rings. The summed E-state index contributed by atoms with van der Waals surface area (Å²) in [4.78, 5) is 26.8. The number of alkyl halides is 3. The molecular weight excluding hydrogens is 459 g/mol. The summed E-state index contributed by atoms with van der Waals surface area (Å²) >= 11 is 6.03. The smallest absolute Gasteiger partial charge is 0.417 e. The summed E-state index contributed by atoms with van der Waals surface area (Å²) in [5, 5.41) is 12.3. The van der Waals surface area contributed by atoms with E-state index in [4.69, 9.17) is 11.6 Å². The van der Waals surface area contributed by atoms with Gasteiger partial charge in [-0.1, -0.05) is 23.7 Å². The zero-order valence-electron chi connectivity index (χ0n) is 17.2. The molecule has 0 aliphatic carbocycles. The lowest BCUT2D eigenvalue weighted by Gasteiger charge is -2.32. The Morgan fingerprint density at radius 3 is 2.39 bits per heavy atom. The molecule has 0 bridgehead atoms. The number of nitrogens with one attached hydrogen (secondary N) is 1. The number of carbonyl (C=O) groups is 1. The summed E-state index contributed by atoms with van der Waals surface area (Å²) in [6, 6.07) is 7.40. The van der Waals surface area contributed by atoms with Gasteiger partial charge < -0.3 is 15.3 Å². The van der Waals surface area contributed by atoms with Gasteiger partial charge in [0.2, 0.25) is 5.91 Å². The molecule has 0 saturated carbocycles. The predicted molar refractivity (Wildman–Crippen MR) is 117 cm³/mol. The fraction of sp³-hybridized carbons (Fsp3) is 0.273. The molecule has 1 aromatic carbocycles. The molecule has 172 valence electrons. The number of amides is 1. The Morgan fingerprint density at radius 2 is 1.79 bits per heavy atom. The van der Waals surface area contributed by atoms with Gasteiger partial charge in [-0.15, -0.1) is 0 Å². The SMILES string of the molecule is O=C(Nc1cnc(-c2cccc(O)c2)nc1)C1CCN(c2ncc(C(F)(F)F)cc2Cl)CC1. The maximum Gasteiger partial charge on any atom is 0.417 e. The van der Waals surface area contributed by atoms with Crippen LogP contribution in [0.5, 0.6) is 5.75 Å². The third kappa shape index (κ3) is 5.33. The molecule has 1 aliphatic heterocycles. The van der Waals surface area contributed by atoms with Crippen LogP contribution in [-0.2, 0) is 11.0 Å². The van der Waals surface area contributed by atoms with Crippen LogP contribution in [0, 0.1) is 5.92 Å². The lowest BCUT2D eigenvalue weighted by molar-refractivity contribution is -0.137. The minimum atomic E-state index is -4.51. The second-order valence-corrected chi connectivity index (χ2v) is 8.03. The van der Waals surface area contributed by atoms with Gasteiger partial charge in [-0.25, -0.2) is 15.0 Å². The molecule has 3 aromatic rings. The highest BCUT2D eigenvalue weighted by atomic mass is 35.5. The largest absolute Gasteiger partial charge is 0.508 e. The molecule has 0 unspecified atom stereocenters. The van der Waals surface area contributed by atoms with Gasteiger partial charge in [0.15, 0.2) is 5.82 Å². The third-order valence-corrected chi connectivity index (χ3v) is 5.62. The molecule has 4 rings (SSSR count). The van der Waals surface area contributed by atoms with E-state index in [0.29, 0.717) is 43.0 Å². The van der Waals surface area contributed by atoms with Crippen molar-refractivity contribution in [1.82, 2.24) is 15.0 Å². The third-order valence-electron chi connectivity index (χ3n) is 5.34. The van der Waals surface area contributed by atoms with E-state index in [1.54, 1.807) is 29.2 Å². The van der Waals surface area contributed by atoms with E-state index in [0.717, 1.165) is 12.3 Å². The zero-order chi connectivity index (χ0) is 23.6. The van der Waals surface area contributed by atoms with E-state index in [1.807, 2.05) is 0 Å². The molecule has 1 amide bonds. The number of benzene rings is 1. The van der Waals surface area contributed by atoms with Gasteiger partial charge in [-0.3, -0.25) is 4.79 Å². The van der Waals surface area contributed by atoms with Crippen molar-refractivity contribution in [3.63, 3.8) is 0 Å². The van der Waals surface area contributed by atoms with Gasteiger partial charge in [0, 0.05) is 30.8 Å². The highest BCUT2D eigenvalue weighted by Crippen LogP contribution is 2.34. The maximum absolute atomic E-state index is 12.8. The van der Waals surface area contributed by atoms with Crippen molar-refractivity contribution < 1.29 is 23.1 Å². The lowest BCUT2D eigenvalue weighted by Crippen LogP contribution is -2.38. The van der Waals surface area contributed by atoms with Crippen molar-refractivity contribution in [1.29, 1.82) is 0 Å². The normalized spacial score (nSPS) is 14.8. The number of aromatic nitrogens is 3. The van der Waals surface area contributed by atoms with E-state index in [-0.39, 0.29) is 28.4 Å². The van der Waals surface area contributed by atoms with E-state index in [9.17, 15) is 23.1 Å². The summed E-state index contributed by atoms with van der Waals surface area (Å²) in [6.45, 7) is 0.867. The fourth-order valence-corrected chi connectivity index (χ4v) is 3.89. The Balaban J connectivity index is 1.34. The Kier molecular flexibility index (Phi) is 6.37. The number of piperidine rings is 1. The van der Waals surface area contributed by atoms with Crippen LogP contribution in [0.3, 0.4) is 0 Å². The van der Waals surface area contributed by atoms with E-state index < -0.39 is 11.7 Å². The average molecular weight is 478 g/mol. The molecule has 2 N–H and O–H groups in total. The number of phenolic OH excluding ortho intramolecular Hbond substituents is 1. The van der Waals surface area contributed by atoms with E-state index in [1.165, 1.54) is 12.4 Å². The minimum absolute atomic E-state index is 0.0725. The van der Waals surface area contributed by atoms with Gasteiger partial charge >= 0.3 is 6.18 Å². The topological polar surface area (TPSA) is 91.2 Å². The monoisotopic (exact) mass is 477 g/mol. The second-order valence-electron chi connectivity index (χ2n) is 7.62. The van der Waals surface area contributed by atoms with E-state index in [2.05, 4.69) is 20.3 Å². The van der Waals surface area contributed by atoms with Crippen molar-refractivity contribution in [3.8, 4) is 17.1 Å². The standard InChI is InChI=1S/C22H19ClF3N5O2/c23-18-9-15(22(24,25)26)10-29-20(18)31-6-4-13(5-7-31)21(33)30-16-11-27-19(28-12-16)14-2-1-3-17(32)8-14/h1-3,8-13,32H,4-7H2,(H,30,33). The van der Waals surface area contributed by atoms with Gasteiger partial charge in [-0.2, -0.15) is 13.2 Å². The first kappa shape index (κ1) is 22.8. The predicted octanol–water partition coefficient (Wildman–Crippen LogP) is 4.77. The zero-order valence-corrected chi connectivity index (χ0v) is 17.9. The van der Waals surface area contributed by atoms with Crippen LogP contribution < -0.4 is 10.2 Å². The molecule has 3 heterocycles. The molecule has 0 spiro atoms. The van der Waals surface area contributed by atoms with Gasteiger partial charge in [-0.05, 0) is 31.0 Å². The number of anilines is 2. The highest BCUT2D eigenvalue weighted by Gasteiger charge is 2.33. The van der Waals surface area contributed by atoms with Crippen LogP contribution in [0.2, 0.25) is 5.02 Å². The number of carbonyl (C=O) groups excluding carboxylic acids is 1. The van der Waals surface area contributed by atoms with Crippen LogP contribution in [0.25, 0.3) is 11.4 Å². The molecule has 33 heavy (non-hydrogen) atoms. The van der Waals surface area contributed by atoms with Crippen LogP contribution in [0.1, 0.15) is 18.4 Å². The summed E-state index contributed by atoms with van der Waals surface area (Å²) in [5.41, 5.74) is 0.192. The van der Waals surface area contributed by atoms with Gasteiger partial charge in [0.1, 0.15) is 11.6 Å². The Hall–Kier alpha value is -3.40. The van der Waals surface area contributed by atoms with Gasteiger partial charge in [0.05, 0.1) is 28.7 Å². The highest BCUT2D eigenvalue weighted by molar-refractivity contribution is 6.33. The second kappa shape index (κ2) is 9.22. The quantitative estimate of drug-likeness (QED) is 0.562. The average Bonchev–Trinajstić information content (AvgIpc) is 2.79. The van der Waals surface area contributed by atoms with E-state index >= 15 is 0 Å². The van der Waals surface area contributed by atoms with Crippen molar-refractivity contribution in [2.24, 2.45) is 5.92 Å². The number of rotatable bonds is 4. The minimum Gasteiger partial charge on any atom is -0.508 e. The van der Waals surface area contributed by atoms with Gasteiger partial charge in [0.25, 0.3) is 0 Å². The maximum atomic E-state index is 12.8. The van der Waals surface area contributed by atoms with Crippen molar-refractivity contribution in [3.05, 3.63) is 59.5 Å². The van der Waals surface area contributed by atoms with Crippen molar-refractivity contribution >= 4 is 29.0 Å². The van der Waals surface area contributed by atoms with Crippen molar-refractivity contribution in [2.45, 2.75) is 19.0 Å². The lowest BCUT2D eigenvalue weighted by atomic mass is 9.96. The van der Waals surface area contributed by atoms with Crippen LogP contribution in [0.4, 0.5) is 24.7 Å². The molecular formula is C22H19ClF3N5O2. The summed E-state index contributed by atoms with van der Waals surface area (Å²) < 4.78 is 38.4. The molecule has 1 saturated heterocycles. The Morgan fingerprint density at radius 1 is 1.09 bits per heavy atom. The Labute approximate surface area is 192 Å². The first-order valence-corrected chi connectivity index (χ1v) is 10.5. The van der Waals surface area contributed by atoms with Crippen LogP contribution in [-0.4, -0.2) is 39.1 Å². The molecule has 2 aromatic heterocycles. The van der Waals surface area contributed by atoms with Crippen LogP contribution >= 0.6 is 11.6 Å². The summed E-state index contributed by atoms with van der Waals surface area (Å²) in [7, 11) is 0. The van der Waals surface area contributed by atoms with Crippen LogP contribution in [0.15, 0.2) is 48.9 Å². The number of hydrogen-bond acceptors (Lipinski definition) is 6. The summed E-state index contributed by atoms with van der Waals surface area (Å²) in [6.07, 6.45) is 0.225. The Bertz CT molecular complexity index is 1150. The van der Waals surface area contributed by atoms with Crippen molar-refractivity contribution in [2.75, 3.05) is 23.3 Å². The molecule has 11 heteroatoms. The number of aromatic hydroxyl groups is 1. The molecule has 7 nitrogen and oxygen atoms in total. The number of nitrogens with zero attached hydrogens (tertiary/aromatic N) is 4.